The lowest BCUT2D eigenvalue weighted by molar-refractivity contribution is -0.120. The van der Waals surface area contributed by atoms with Crippen molar-refractivity contribution in [1.29, 1.82) is 0 Å². The van der Waals surface area contributed by atoms with Crippen LogP contribution in [0.15, 0.2) is 24.3 Å². The van der Waals surface area contributed by atoms with E-state index in [0.717, 1.165) is 24.1 Å². The highest BCUT2D eigenvalue weighted by atomic mass is 16.6. The Morgan fingerprint density at radius 2 is 2.18 bits per heavy atom. The number of ether oxygens (including phenoxy) is 1. The zero-order valence-corrected chi connectivity index (χ0v) is 11.9. The summed E-state index contributed by atoms with van der Waals surface area (Å²) in [7, 11) is 0. The van der Waals surface area contributed by atoms with Crippen molar-refractivity contribution in [3.8, 4) is 0 Å². The van der Waals surface area contributed by atoms with Gasteiger partial charge in [-0.05, 0) is 24.5 Å². The van der Waals surface area contributed by atoms with Crippen LogP contribution in [0.4, 0.5) is 10.5 Å². The molecule has 1 aromatic carbocycles. The Morgan fingerprint density at radius 3 is 2.91 bits per heavy atom. The molecule has 0 unspecified atom stereocenters. The van der Waals surface area contributed by atoms with Crippen molar-refractivity contribution in [2.24, 2.45) is 0 Å². The van der Waals surface area contributed by atoms with Crippen molar-refractivity contribution in [3.63, 3.8) is 0 Å². The van der Waals surface area contributed by atoms with E-state index in [0.29, 0.717) is 6.42 Å². The highest BCUT2D eigenvalue weighted by molar-refractivity contribution is 6.07. The van der Waals surface area contributed by atoms with Crippen LogP contribution >= 0.6 is 0 Å². The van der Waals surface area contributed by atoms with Gasteiger partial charge in [0.1, 0.15) is 11.5 Å². The maximum Gasteiger partial charge on any atom is 0.415 e. The number of rotatable bonds is 1. The highest BCUT2D eigenvalue weighted by Gasteiger charge is 2.59. The third-order valence-electron chi connectivity index (χ3n) is 4.63. The van der Waals surface area contributed by atoms with E-state index >= 15 is 0 Å². The summed E-state index contributed by atoms with van der Waals surface area (Å²) in [6.45, 7) is 7.57. The first-order chi connectivity index (χ1) is 10.6. The molecule has 1 spiro atoms. The van der Waals surface area contributed by atoms with Gasteiger partial charge in [-0.3, -0.25) is 9.64 Å². The maximum absolute atomic E-state index is 12.5. The van der Waals surface area contributed by atoms with Gasteiger partial charge < -0.3 is 10.1 Å². The molecule has 1 aromatic rings. The average molecular weight is 297 g/mol. The van der Waals surface area contributed by atoms with Crippen molar-refractivity contribution < 1.29 is 14.3 Å². The van der Waals surface area contributed by atoms with Gasteiger partial charge in [0.15, 0.2) is 0 Å². The molecule has 6 nitrogen and oxygen atoms in total. The van der Waals surface area contributed by atoms with Crippen LogP contribution in [0.5, 0.6) is 0 Å². The van der Waals surface area contributed by atoms with Gasteiger partial charge in [-0.1, -0.05) is 18.2 Å². The van der Waals surface area contributed by atoms with Gasteiger partial charge >= 0.3 is 12.3 Å². The summed E-state index contributed by atoms with van der Waals surface area (Å²) in [5.41, 5.74) is 0.818. The molecule has 0 radical (unpaired) electrons. The van der Waals surface area contributed by atoms with E-state index in [1.807, 2.05) is 24.3 Å². The number of hydrogen-bond acceptors (Lipinski definition) is 3. The molecular formula is C16H15N3O3. The monoisotopic (exact) mass is 297 g/mol. The standard InChI is InChI=1S/C16H15N3O3/c1-17-13-8-16(9-19(13)15(21)22-10-6-7-10)11-4-2-3-5-12(11)18-14(16)20/h2-5,10,13H,6-9H2,(H,18,20)/t13-,16-/m0/s1. The Labute approximate surface area is 127 Å². The van der Waals surface area contributed by atoms with Crippen molar-refractivity contribution in [2.45, 2.75) is 36.9 Å². The molecule has 22 heavy (non-hydrogen) atoms. The lowest BCUT2D eigenvalue weighted by Crippen LogP contribution is -2.40. The van der Waals surface area contributed by atoms with Gasteiger partial charge in [-0.2, -0.15) is 0 Å². The molecule has 1 saturated carbocycles. The topological polar surface area (TPSA) is 63.0 Å². The number of carbonyl (C=O) groups is 2. The average Bonchev–Trinajstić information content (AvgIpc) is 3.17. The molecule has 2 atom stereocenters. The van der Waals surface area contributed by atoms with E-state index in [1.54, 1.807) is 0 Å². The van der Waals surface area contributed by atoms with Gasteiger partial charge in [0, 0.05) is 5.69 Å². The van der Waals surface area contributed by atoms with E-state index in [9.17, 15) is 9.59 Å². The van der Waals surface area contributed by atoms with Crippen LogP contribution in [0.1, 0.15) is 24.8 Å². The predicted octanol–water partition coefficient (Wildman–Crippen LogP) is 2.13. The quantitative estimate of drug-likeness (QED) is 0.808. The fourth-order valence-electron chi connectivity index (χ4n) is 3.31. The van der Waals surface area contributed by atoms with Gasteiger partial charge in [-0.15, -0.1) is 0 Å². The molecule has 0 aromatic heterocycles. The lowest BCUT2D eigenvalue weighted by atomic mass is 9.80. The van der Waals surface area contributed by atoms with E-state index < -0.39 is 17.7 Å². The van der Waals surface area contributed by atoms with E-state index in [4.69, 9.17) is 11.3 Å². The summed E-state index contributed by atoms with van der Waals surface area (Å²) >= 11 is 0. The fraction of sp³-hybridized carbons (Fsp3) is 0.438. The van der Waals surface area contributed by atoms with E-state index in [2.05, 4.69) is 10.2 Å². The van der Waals surface area contributed by atoms with Crippen LogP contribution in [0.25, 0.3) is 4.85 Å². The number of nitrogens with zero attached hydrogens (tertiary/aromatic N) is 2. The summed E-state index contributed by atoms with van der Waals surface area (Å²) in [4.78, 5) is 29.7. The maximum atomic E-state index is 12.5. The van der Waals surface area contributed by atoms with Gasteiger partial charge in [0.05, 0.1) is 13.0 Å². The third-order valence-corrected chi connectivity index (χ3v) is 4.63. The van der Waals surface area contributed by atoms with Crippen LogP contribution < -0.4 is 5.32 Å². The van der Waals surface area contributed by atoms with Crippen molar-refractivity contribution in [1.82, 2.24) is 4.90 Å². The third kappa shape index (κ3) is 1.78. The molecular weight excluding hydrogens is 282 g/mol. The number of carbonyl (C=O) groups excluding carboxylic acids is 2. The number of benzene rings is 1. The Hall–Kier alpha value is -2.55. The van der Waals surface area contributed by atoms with Crippen molar-refractivity contribution >= 4 is 17.7 Å². The summed E-state index contributed by atoms with van der Waals surface area (Å²) < 4.78 is 5.32. The first-order valence-electron chi connectivity index (χ1n) is 7.39. The molecule has 1 aliphatic carbocycles. The Bertz CT molecular complexity index is 707. The minimum atomic E-state index is -0.825. The molecule has 1 N–H and O–H groups in total. The molecule has 0 bridgehead atoms. The van der Waals surface area contributed by atoms with E-state index in [1.165, 1.54) is 4.90 Å². The smallest absolute Gasteiger partial charge is 0.415 e. The number of anilines is 1. The number of para-hydroxylation sites is 1. The van der Waals surface area contributed by atoms with Crippen LogP contribution in [0, 0.1) is 6.57 Å². The molecule has 1 saturated heterocycles. The number of likely N-dealkylation sites (tertiary alicyclic amines) is 1. The molecule has 3 aliphatic rings. The van der Waals surface area contributed by atoms with Crippen LogP contribution in [0.3, 0.4) is 0 Å². The number of nitrogens with one attached hydrogen (secondary N) is 1. The minimum absolute atomic E-state index is 0.0138. The Kier molecular flexibility index (Phi) is 2.67. The van der Waals surface area contributed by atoms with E-state index in [-0.39, 0.29) is 18.6 Å². The molecule has 2 heterocycles. The minimum Gasteiger partial charge on any atom is -0.446 e. The number of fused-ring (bicyclic) bond motifs is 2. The molecule has 6 heteroatoms. The van der Waals surface area contributed by atoms with Gasteiger partial charge in [0.2, 0.25) is 5.91 Å². The number of amides is 2. The first kappa shape index (κ1) is 13.1. The van der Waals surface area contributed by atoms with Crippen LogP contribution in [-0.2, 0) is 14.9 Å². The van der Waals surface area contributed by atoms with Crippen LogP contribution in [0.2, 0.25) is 0 Å². The molecule has 4 rings (SSSR count). The summed E-state index contributed by atoms with van der Waals surface area (Å²) in [6.07, 6.45) is 0.952. The second kappa shape index (κ2) is 4.47. The van der Waals surface area contributed by atoms with Crippen molar-refractivity contribution in [3.05, 3.63) is 41.2 Å². The normalized spacial score (nSPS) is 29.1. The zero-order chi connectivity index (χ0) is 15.3. The van der Waals surface area contributed by atoms with Gasteiger partial charge in [0.25, 0.3) is 0 Å². The highest BCUT2D eigenvalue weighted by Crippen LogP contribution is 2.46. The predicted molar refractivity (Wildman–Crippen MR) is 78.0 cm³/mol. The summed E-state index contributed by atoms with van der Waals surface area (Å²) in [5.74, 6) is -0.135. The molecule has 2 fully saturated rings. The van der Waals surface area contributed by atoms with Gasteiger partial charge in [-0.25, -0.2) is 16.3 Å². The zero-order valence-electron chi connectivity index (χ0n) is 11.9. The Morgan fingerprint density at radius 1 is 1.41 bits per heavy atom. The second-order valence-electron chi connectivity index (χ2n) is 6.11. The molecule has 2 aliphatic heterocycles. The summed E-state index contributed by atoms with van der Waals surface area (Å²) in [5, 5.41) is 2.87. The fourth-order valence-corrected chi connectivity index (χ4v) is 3.31. The summed E-state index contributed by atoms with van der Waals surface area (Å²) in [6, 6.07) is 7.47. The Balaban J connectivity index is 1.68. The van der Waals surface area contributed by atoms with Crippen LogP contribution in [-0.4, -0.2) is 35.7 Å². The number of hydrogen-bond donors (Lipinski definition) is 1. The SMILES string of the molecule is [C-]#[N+][C@@H]1C[C@@]2(CN1C(=O)OC1CC1)C(=O)Nc1ccccc12. The largest absolute Gasteiger partial charge is 0.446 e. The lowest BCUT2D eigenvalue weighted by Gasteiger charge is -2.20. The molecule has 2 amide bonds. The van der Waals surface area contributed by atoms with Crippen molar-refractivity contribution in [2.75, 3.05) is 11.9 Å². The molecule has 112 valence electrons. The second-order valence-corrected chi connectivity index (χ2v) is 6.11. The first-order valence-corrected chi connectivity index (χ1v) is 7.39.